The summed E-state index contributed by atoms with van der Waals surface area (Å²) in [7, 11) is 1.43. The van der Waals surface area contributed by atoms with E-state index in [0.29, 0.717) is 16.1 Å². The molecule has 4 heteroatoms. The van der Waals surface area contributed by atoms with Crippen molar-refractivity contribution in [1.82, 2.24) is 0 Å². The molecule has 0 spiro atoms. The standard InChI is InChI=1S/C14H11ClO3/c1-18-13-8-10(5-6-12(13)16)14(17)9-3-2-4-11(15)7-9/h2-8,16H,1H3. The normalized spacial score (nSPS) is 10.1. The zero-order valence-corrected chi connectivity index (χ0v) is 10.4. The van der Waals surface area contributed by atoms with Gasteiger partial charge in [-0.3, -0.25) is 4.79 Å². The van der Waals surface area contributed by atoms with Crippen LogP contribution >= 0.6 is 11.6 Å². The first kappa shape index (κ1) is 12.5. The molecule has 0 aliphatic carbocycles. The molecule has 0 saturated carbocycles. The molecule has 0 saturated heterocycles. The predicted octanol–water partition coefficient (Wildman–Crippen LogP) is 3.29. The van der Waals surface area contributed by atoms with Crippen LogP contribution in [0.15, 0.2) is 42.5 Å². The van der Waals surface area contributed by atoms with E-state index in [2.05, 4.69) is 0 Å². The van der Waals surface area contributed by atoms with E-state index in [1.165, 1.54) is 19.2 Å². The number of rotatable bonds is 3. The fourth-order valence-corrected chi connectivity index (χ4v) is 1.81. The number of ketones is 1. The Bertz CT molecular complexity index is 593. The molecule has 0 bridgehead atoms. The Hall–Kier alpha value is -2.00. The second-order valence-electron chi connectivity index (χ2n) is 3.73. The van der Waals surface area contributed by atoms with Gasteiger partial charge >= 0.3 is 0 Å². The third-order valence-electron chi connectivity index (χ3n) is 2.53. The van der Waals surface area contributed by atoms with Crippen molar-refractivity contribution in [1.29, 1.82) is 0 Å². The highest BCUT2D eigenvalue weighted by atomic mass is 35.5. The van der Waals surface area contributed by atoms with Crippen molar-refractivity contribution in [3.8, 4) is 11.5 Å². The number of carbonyl (C=O) groups is 1. The van der Waals surface area contributed by atoms with Crippen molar-refractivity contribution in [3.05, 3.63) is 58.6 Å². The predicted molar refractivity (Wildman–Crippen MR) is 69.5 cm³/mol. The molecule has 0 fully saturated rings. The Morgan fingerprint density at radius 1 is 1.17 bits per heavy atom. The number of carbonyl (C=O) groups excluding carboxylic acids is 1. The monoisotopic (exact) mass is 262 g/mol. The minimum atomic E-state index is -0.171. The molecule has 0 amide bonds. The van der Waals surface area contributed by atoms with Crippen LogP contribution in [0.2, 0.25) is 5.02 Å². The quantitative estimate of drug-likeness (QED) is 0.864. The summed E-state index contributed by atoms with van der Waals surface area (Å²) in [5.74, 6) is 0.0961. The van der Waals surface area contributed by atoms with E-state index in [1.807, 2.05) is 0 Å². The molecule has 2 rings (SSSR count). The molecule has 92 valence electrons. The van der Waals surface area contributed by atoms with E-state index in [4.69, 9.17) is 16.3 Å². The van der Waals surface area contributed by atoms with Crippen LogP contribution in [0.25, 0.3) is 0 Å². The van der Waals surface area contributed by atoms with Crippen LogP contribution in [0.4, 0.5) is 0 Å². The fraction of sp³-hybridized carbons (Fsp3) is 0.0714. The van der Waals surface area contributed by atoms with E-state index < -0.39 is 0 Å². The molecular formula is C14H11ClO3. The fourth-order valence-electron chi connectivity index (χ4n) is 1.62. The Morgan fingerprint density at radius 2 is 1.89 bits per heavy atom. The van der Waals surface area contributed by atoms with Crippen molar-refractivity contribution in [2.45, 2.75) is 0 Å². The molecule has 0 heterocycles. The summed E-state index contributed by atoms with van der Waals surface area (Å²) in [6.07, 6.45) is 0. The van der Waals surface area contributed by atoms with E-state index in [1.54, 1.807) is 30.3 Å². The van der Waals surface area contributed by atoms with Gasteiger partial charge in [0.25, 0.3) is 0 Å². The van der Waals surface area contributed by atoms with Crippen LogP contribution in [-0.4, -0.2) is 18.0 Å². The number of aromatic hydroxyl groups is 1. The zero-order chi connectivity index (χ0) is 13.1. The Morgan fingerprint density at radius 3 is 2.56 bits per heavy atom. The highest BCUT2D eigenvalue weighted by molar-refractivity contribution is 6.31. The number of hydrogen-bond donors (Lipinski definition) is 1. The molecule has 0 atom stereocenters. The number of ether oxygens (including phenoxy) is 1. The average molecular weight is 263 g/mol. The van der Waals surface area contributed by atoms with E-state index in [9.17, 15) is 9.90 Å². The highest BCUT2D eigenvalue weighted by Gasteiger charge is 2.12. The topological polar surface area (TPSA) is 46.5 Å². The van der Waals surface area contributed by atoms with Gasteiger partial charge in [-0.25, -0.2) is 0 Å². The maximum atomic E-state index is 12.2. The largest absolute Gasteiger partial charge is 0.504 e. The third-order valence-corrected chi connectivity index (χ3v) is 2.76. The van der Waals surface area contributed by atoms with Crippen LogP contribution in [-0.2, 0) is 0 Å². The van der Waals surface area contributed by atoms with Crippen molar-refractivity contribution < 1.29 is 14.6 Å². The van der Waals surface area contributed by atoms with Crippen LogP contribution in [0.1, 0.15) is 15.9 Å². The number of halogens is 1. The minimum Gasteiger partial charge on any atom is -0.504 e. The summed E-state index contributed by atoms with van der Waals surface area (Å²) in [5.41, 5.74) is 0.933. The van der Waals surface area contributed by atoms with Crippen LogP contribution < -0.4 is 4.74 Å². The lowest BCUT2D eigenvalue weighted by molar-refractivity contribution is 0.103. The lowest BCUT2D eigenvalue weighted by atomic mass is 10.0. The van der Waals surface area contributed by atoms with Crippen molar-refractivity contribution in [2.75, 3.05) is 7.11 Å². The van der Waals surface area contributed by atoms with Crippen molar-refractivity contribution in [3.63, 3.8) is 0 Å². The van der Waals surface area contributed by atoms with Gasteiger partial charge in [-0.15, -0.1) is 0 Å². The molecule has 0 radical (unpaired) electrons. The summed E-state index contributed by atoms with van der Waals surface area (Å²) in [5, 5.41) is 9.98. The van der Waals surface area contributed by atoms with Crippen molar-refractivity contribution in [2.24, 2.45) is 0 Å². The SMILES string of the molecule is COc1cc(C(=O)c2cccc(Cl)c2)ccc1O. The van der Waals surface area contributed by atoms with E-state index >= 15 is 0 Å². The van der Waals surface area contributed by atoms with Crippen LogP contribution in [0.5, 0.6) is 11.5 Å². The maximum absolute atomic E-state index is 12.2. The summed E-state index contributed by atoms with van der Waals surface area (Å²) < 4.78 is 4.97. The summed E-state index contributed by atoms with van der Waals surface area (Å²) in [6, 6.07) is 11.2. The van der Waals surface area contributed by atoms with Crippen molar-refractivity contribution >= 4 is 17.4 Å². The van der Waals surface area contributed by atoms with Gasteiger partial charge in [-0.05, 0) is 30.3 Å². The first-order chi connectivity index (χ1) is 8.61. The molecule has 2 aromatic carbocycles. The molecule has 1 N–H and O–H groups in total. The summed E-state index contributed by atoms with van der Waals surface area (Å²) in [4.78, 5) is 12.2. The number of hydrogen-bond acceptors (Lipinski definition) is 3. The first-order valence-electron chi connectivity index (χ1n) is 5.29. The first-order valence-corrected chi connectivity index (χ1v) is 5.67. The number of phenolic OH excluding ortho intramolecular Hbond substituents is 1. The lowest BCUT2D eigenvalue weighted by Crippen LogP contribution is -2.01. The smallest absolute Gasteiger partial charge is 0.193 e. The summed E-state index contributed by atoms with van der Waals surface area (Å²) >= 11 is 5.84. The molecule has 0 aliphatic heterocycles. The van der Waals surface area contributed by atoms with Gasteiger partial charge in [0.15, 0.2) is 17.3 Å². The average Bonchev–Trinajstić information content (AvgIpc) is 2.38. The number of benzene rings is 2. The molecule has 18 heavy (non-hydrogen) atoms. The lowest BCUT2D eigenvalue weighted by Gasteiger charge is -2.06. The van der Waals surface area contributed by atoms with Gasteiger partial charge < -0.3 is 9.84 Å². The van der Waals surface area contributed by atoms with Gasteiger partial charge in [-0.2, -0.15) is 0 Å². The maximum Gasteiger partial charge on any atom is 0.193 e. The highest BCUT2D eigenvalue weighted by Crippen LogP contribution is 2.27. The minimum absolute atomic E-state index is 0.000133. The van der Waals surface area contributed by atoms with Gasteiger partial charge in [0.1, 0.15) is 0 Å². The van der Waals surface area contributed by atoms with Gasteiger partial charge in [0, 0.05) is 16.1 Å². The summed E-state index contributed by atoms with van der Waals surface area (Å²) in [6.45, 7) is 0. The molecular weight excluding hydrogens is 252 g/mol. The number of phenols is 1. The van der Waals surface area contributed by atoms with Crippen LogP contribution in [0, 0.1) is 0 Å². The molecule has 0 unspecified atom stereocenters. The van der Waals surface area contributed by atoms with E-state index in [-0.39, 0.29) is 17.3 Å². The Labute approximate surface area is 110 Å². The van der Waals surface area contributed by atoms with Gasteiger partial charge in [0.2, 0.25) is 0 Å². The third kappa shape index (κ3) is 2.46. The molecule has 0 aromatic heterocycles. The number of methoxy groups -OCH3 is 1. The second kappa shape index (κ2) is 5.10. The zero-order valence-electron chi connectivity index (χ0n) is 9.68. The Kier molecular flexibility index (Phi) is 3.53. The van der Waals surface area contributed by atoms with Crippen LogP contribution in [0.3, 0.4) is 0 Å². The van der Waals surface area contributed by atoms with E-state index in [0.717, 1.165) is 0 Å². The molecule has 3 nitrogen and oxygen atoms in total. The molecule has 0 aliphatic rings. The molecule has 2 aromatic rings. The van der Waals surface area contributed by atoms with Gasteiger partial charge in [0.05, 0.1) is 7.11 Å². The Balaban J connectivity index is 2.40. The van der Waals surface area contributed by atoms with Gasteiger partial charge in [-0.1, -0.05) is 23.7 Å². The second-order valence-corrected chi connectivity index (χ2v) is 4.16.